The molecule has 0 spiro atoms. The van der Waals surface area contributed by atoms with Crippen LogP contribution in [0.5, 0.6) is 0 Å². The summed E-state index contributed by atoms with van der Waals surface area (Å²) in [5.41, 5.74) is 2.77. The van der Waals surface area contributed by atoms with Crippen LogP contribution in [0.15, 0.2) is 18.6 Å². The molecule has 2 rings (SSSR count). The molecule has 0 atom stereocenters. The number of aromatic nitrogens is 4. The van der Waals surface area contributed by atoms with Crippen molar-refractivity contribution in [1.82, 2.24) is 19.7 Å². The summed E-state index contributed by atoms with van der Waals surface area (Å²) >= 11 is 6.02. The summed E-state index contributed by atoms with van der Waals surface area (Å²) in [4.78, 5) is 8.23. The van der Waals surface area contributed by atoms with E-state index in [1.165, 1.54) is 6.33 Å². The maximum absolute atomic E-state index is 6.02. The van der Waals surface area contributed by atoms with Crippen molar-refractivity contribution in [1.29, 1.82) is 0 Å². The first-order valence-corrected chi connectivity index (χ1v) is 5.09. The van der Waals surface area contributed by atoms with Crippen LogP contribution in [-0.2, 0) is 13.5 Å². The number of aryl methyl sites for hydroxylation is 1. The standard InChI is InChI=1S/C10H11ClN4/c1-3-7-9(12-6-13-10(7)11)8-4-5-14-15(8)2/h4-6H,3H2,1-2H3. The molecule has 2 aromatic heterocycles. The topological polar surface area (TPSA) is 43.6 Å². The van der Waals surface area contributed by atoms with Crippen LogP contribution >= 0.6 is 11.6 Å². The Bertz CT molecular complexity index is 478. The molecule has 2 aromatic rings. The highest BCUT2D eigenvalue weighted by Gasteiger charge is 2.12. The smallest absolute Gasteiger partial charge is 0.136 e. The van der Waals surface area contributed by atoms with Crippen molar-refractivity contribution < 1.29 is 0 Å². The average Bonchev–Trinajstić information content (AvgIpc) is 2.64. The van der Waals surface area contributed by atoms with Crippen molar-refractivity contribution in [3.63, 3.8) is 0 Å². The van der Waals surface area contributed by atoms with Crippen LogP contribution in [-0.4, -0.2) is 19.7 Å². The minimum Gasteiger partial charge on any atom is -0.266 e. The number of rotatable bonds is 2. The van der Waals surface area contributed by atoms with E-state index >= 15 is 0 Å². The quantitative estimate of drug-likeness (QED) is 0.731. The Morgan fingerprint density at radius 1 is 1.40 bits per heavy atom. The Labute approximate surface area is 92.9 Å². The fourth-order valence-electron chi connectivity index (χ4n) is 1.53. The minimum atomic E-state index is 0.517. The molecule has 15 heavy (non-hydrogen) atoms. The van der Waals surface area contributed by atoms with E-state index in [2.05, 4.69) is 15.1 Å². The zero-order valence-corrected chi connectivity index (χ0v) is 9.36. The molecule has 0 aliphatic rings. The molecule has 4 nitrogen and oxygen atoms in total. The van der Waals surface area contributed by atoms with E-state index in [-0.39, 0.29) is 0 Å². The largest absolute Gasteiger partial charge is 0.266 e. The van der Waals surface area contributed by atoms with Crippen molar-refractivity contribution in [2.45, 2.75) is 13.3 Å². The molecule has 5 heteroatoms. The van der Waals surface area contributed by atoms with Gasteiger partial charge < -0.3 is 0 Å². The summed E-state index contributed by atoms with van der Waals surface area (Å²) in [7, 11) is 1.88. The van der Waals surface area contributed by atoms with Crippen LogP contribution in [0.25, 0.3) is 11.4 Å². The molecule has 0 amide bonds. The van der Waals surface area contributed by atoms with Crippen LogP contribution in [0.1, 0.15) is 12.5 Å². The molecule has 0 radical (unpaired) electrons. The molecule has 0 aliphatic heterocycles. The molecule has 78 valence electrons. The maximum atomic E-state index is 6.02. The van der Waals surface area contributed by atoms with Crippen LogP contribution in [0, 0.1) is 0 Å². The molecule has 0 bridgehead atoms. The van der Waals surface area contributed by atoms with Gasteiger partial charge in [0.15, 0.2) is 0 Å². The first-order valence-electron chi connectivity index (χ1n) is 4.71. The Morgan fingerprint density at radius 2 is 2.20 bits per heavy atom. The summed E-state index contributed by atoms with van der Waals surface area (Å²) in [6.45, 7) is 2.03. The van der Waals surface area contributed by atoms with Crippen LogP contribution < -0.4 is 0 Å². The zero-order valence-electron chi connectivity index (χ0n) is 8.61. The Hall–Kier alpha value is -1.42. The van der Waals surface area contributed by atoms with Gasteiger partial charge in [-0.05, 0) is 12.5 Å². The van der Waals surface area contributed by atoms with Gasteiger partial charge in [0.25, 0.3) is 0 Å². The lowest BCUT2D eigenvalue weighted by molar-refractivity contribution is 0.771. The van der Waals surface area contributed by atoms with Gasteiger partial charge in [-0.3, -0.25) is 4.68 Å². The Morgan fingerprint density at radius 3 is 2.80 bits per heavy atom. The highest BCUT2D eigenvalue weighted by Crippen LogP contribution is 2.24. The monoisotopic (exact) mass is 222 g/mol. The van der Waals surface area contributed by atoms with E-state index in [1.807, 2.05) is 20.0 Å². The summed E-state index contributed by atoms with van der Waals surface area (Å²) in [5.74, 6) is 0. The van der Waals surface area contributed by atoms with Gasteiger partial charge in [-0.15, -0.1) is 0 Å². The fraction of sp³-hybridized carbons (Fsp3) is 0.300. The highest BCUT2D eigenvalue weighted by molar-refractivity contribution is 6.30. The second-order valence-electron chi connectivity index (χ2n) is 3.19. The predicted octanol–water partition coefficient (Wildman–Crippen LogP) is 2.09. The molecular formula is C10H11ClN4. The third kappa shape index (κ3) is 1.72. The van der Waals surface area contributed by atoms with Gasteiger partial charge in [0.2, 0.25) is 0 Å². The predicted molar refractivity (Wildman–Crippen MR) is 58.6 cm³/mol. The minimum absolute atomic E-state index is 0.517. The molecule has 0 saturated heterocycles. The molecule has 0 unspecified atom stereocenters. The maximum Gasteiger partial charge on any atom is 0.136 e. The summed E-state index contributed by atoms with van der Waals surface area (Å²) < 4.78 is 1.78. The third-order valence-corrected chi connectivity index (χ3v) is 2.64. The SMILES string of the molecule is CCc1c(Cl)ncnc1-c1ccnn1C. The lowest BCUT2D eigenvalue weighted by atomic mass is 10.1. The molecular weight excluding hydrogens is 212 g/mol. The molecule has 0 aliphatic carbocycles. The van der Waals surface area contributed by atoms with Gasteiger partial charge in [0, 0.05) is 18.8 Å². The van der Waals surface area contributed by atoms with Crippen molar-refractivity contribution in [3.05, 3.63) is 29.3 Å². The van der Waals surface area contributed by atoms with Crippen molar-refractivity contribution in [3.8, 4) is 11.4 Å². The Balaban J connectivity index is 2.63. The number of nitrogens with zero attached hydrogens (tertiary/aromatic N) is 4. The van der Waals surface area contributed by atoms with Gasteiger partial charge in [-0.25, -0.2) is 9.97 Å². The summed E-state index contributed by atoms with van der Waals surface area (Å²) in [6, 6.07) is 1.91. The third-order valence-electron chi connectivity index (χ3n) is 2.31. The van der Waals surface area contributed by atoms with Gasteiger partial charge in [0.05, 0.1) is 11.4 Å². The van der Waals surface area contributed by atoms with Crippen molar-refractivity contribution >= 4 is 11.6 Å². The van der Waals surface area contributed by atoms with E-state index in [0.717, 1.165) is 23.4 Å². The second kappa shape index (κ2) is 3.98. The molecule has 0 saturated carbocycles. The van der Waals surface area contributed by atoms with Gasteiger partial charge in [0.1, 0.15) is 11.5 Å². The molecule has 0 aromatic carbocycles. The lowest BCUT2D eigenvalue weighted by Gasteiger charge is -2.07. The molecule has 0 fully saturated rings. The number of hydrogen-bond acceptors (Lipinski definition) is 3. The highest BCUT2D eigenvalue weighted by atomic mass is 35.5. The van der Waals surface area contributed by atoms with Crippen LogP contribution in [0.3, 0.4) is 0 Å². The number of hydrogen-bond donors (Lipinski definition) is 0. The normalized spacial score (nSPS) is 10.6. The van der Waals surface area contributed by atoms with E-state index in [9.17, 15) is 0 Å². The van der Waals surface area contributed by atoms with Crippen LogP contribution in [0.4, 0.5) is 0 Å². The lowest BCUT2D eigenvalue weighted by Crippen LogP contribution is -2.00. The van der Waals surface area contributed by atoms with E-state index in [4.69, 9.17) is 11.6 Å². The number of halogens is 1. The molecule has 2 heterocycles. The first kappa shape index (κ1) is 10.1. The van der Waals surface area contributed by atoms with E-state index in [1.54, 1.807) is 10.9 Å². The summed E-state index contributed by atoms with van der Waals surface area (Å²) in [5, 5.41) is 4.63. The van der Waals surface area contributed by atoms with Crippen LogP contribution in [0.2, 0.25) is 5.15 Å². The average molecular weight is 223 g/mol. The van der Waals surface area contributed by atoms with E-state index in [0.29, 0.717) is 5.15 Å². The Kier molecular flexibility index (Phi) is 2.68. The fourth-order valence-corrected chi connectivity index (χ4v) is 1.80. The van der Waals surface area contributed by atoms with Gasteiger partial charge in [-0.1, -0.05) is 18.5 Å². The van der Waals surface area contributed by atoms with Crippen molar-refractivity contribution in [2.75, 3.05) is 0 Å². The summed E-state index contributed by atoms with van der Waals surface area (Å²) in [6.07, 6.45) is 4.02. The van der Waals surface area contributed by atoms with Gasteiger partial charge >= 0.3 is 0 Å². The first-order chi connectivity index (χ1) is 7.24. The zero-order chi connectivity index (χ0) is 10.8. The van der Waals surface area contributed by atoms with Crippen molar-refractivity contribution in [2.24, 2.45) is 7.05 Å². The van der Waals surface area contributed by atoms with E-state index < -0.39 is 0 Å². The van der Waals surface area contributed by atoms with Gasteiger partial charge in [-0.2, -0.15) is 5.10 Å². The second-order valence-corrected chi connectivity index (χ2v) is 3.54. The molecule has 0 N–H and O–H groups in total.